The molecule has 0 fully saturated rings. The lowest BCUT2D eigenvalue weighted by molar-refractivity contribution is -0.119. The summed E-state index contributed by atoms with van der Waals surface area (Å²) in [7, 11) is 0. The molecule has 5 amide bonds. The second-order valence-corrected chi connectivity index (χ2v) is 15.3. The Balaban J connectivity index is 0.000000214. The number of anilines is 2. The van der Waals surface area contributed by atoms with E-state index >= 15 is 0 Å². The maximum absolute atomic E-state index is 12.6. The van der Waals surface area contributed by atoms with Crippen LogP contribution in [0.5, 0.6) is 11.5 Å². The zero-order valence-corrected chi connectivity index (χ0v) is 35.4. The normalized spacial score (nSPS) is 12.6. The Bertz CT molecular complexity index is 2930. The molecule has 0 atom stereocenters. The van der Waals surface area contributed by atoms with Gasteiger partial charge in [0.1, 0.15) is 17.1 Å². The number of nitrogens with zero attached hydrogens (tertiary/aromatic N) is 2. The third-order valence-electron chi connectivity index (χ3n) is 9.30. The van der Waals surface area contributed by atoms with Crippen LogP contribution >= 0.6 is 12.4 Å². The summed E-state index contributed by atoms with van der Waals surface area (Å²) in [5.41, 5.74) is 8.90. The highest BCUT2D eigenvalue weighted by molar-refractivity contribution is 5.97. The number of amides is 5. The third-order valence-corrected chi connectivity index (χ3v) is 9.30. The molecule has 332 valence electrons. The molecule has 0 saturated carbocycles. The van der Waals surface area contributed by atoms with Crippen molar-refractivity contribution in [2.75, 3.05) is 23.8 Å². The summed E-state index contributed by atoms with van der Waals surface area (Å²) in [6, 6.07) is 20.4. The molecule has 2 aliphatic heterocycles. The van der Waals surface area contributed by atoms with Crippen molar-refractivity contribution in [1.29, 1.82) is 0 Å². The minimum Gasteiger partial charge on any atom is -0.482 e. The van der Waals surface area contributed by atoms with Crippen molar-refractivity contribution in [1.82, 2.24) is 35.9 Å². The number of halogens is 1. The molecular formula is C43H43ClN10O10. The summed E-state index contributed by atoms with van der Waals surface area (Å²) < 4.78 is 15.8. The molecule has 0 saturated heterocycles. The van der Waals surface area contributed by atoms with E-state index < -0.39 is 34.6 Å². The highest BCUT2D eigenvalue weighted by Gasteiger charge is 2.20. The van der Waals surface area contributed by atoms with Crippen LogP contribution in [0.1, 0.15) is 64.3 Å². The van der Waals surface area contributed by atoms with Gasteiger partial charge in [0.15, 0.2) is 24.9 Å². The zero-order chi connectivity index (χ0) is 44.8. The topological polar surface area (TPSA) is 291 Å². The molecule has 0 aliphatic carbocycles. The number of carbonyl (C=O) groups is 5. The quantitative estimate of drug-likeness (QED) is 0.104. The van der Waals surface area contributed by atoms with Crippen molar-refractivity contribution in [3.63, 3.8) is 0 Å². The number of nitrogens with one attached hydrogen (secondary N) is 7. The average molecular weight is 895 g/mol. The molecule has 2 aromatic heterocycles. The molecule has 2 aliphatic rings. The number of hydrogen-bond acceptors (Lipinski definition) is 13. The van der Waals surface area contributed by atoms with Crippen LogP contribution in [0.2, 0.25) is 0 Å². The Labute approximate surface area is 369 Å². The first-order valence-corrected chi connectivity index (χ1v) is 19.5. The van der Waals surface area contributed by atoms with Gasteiger partial charge in [0, 0.05) is 26.2 Å². The Kier molecular flexibility index (Phi) is 13.9. The fourth-order valence-corrected chi connectivity index (χ4v) is 6.32. The molecule has 9 N–H and O–H groups in total. The maximum Gasteiger partial charge on any atom is 0.407 e. The van der Waals surface area contributed by atoms with E-state index in [1.165, 1.54) is 0 Å². The van der Waals surface area contributed by atoms with Gasteiger partial charge in [0.25, 0.3) is 34.7 Å². The van der Waals surface area contributed by atoms with E-state index in [1.54, 1.807) is 93.6 Å². The molecule has 21 heteroatoms. The van der Waals surface area contributed by atoms with Gasteiger partial charge in [-0.25, -0.2) is 14.8 Å². The van der Waals surface area contributed by atoms with E-state index in [2.05, 4.69) is 46.5 Å². The number of benzene rings is 4. The number of fused-ring (bicyclic) bond motifs is 4. The van der Waals surface area contributed by atoms with Gasteiger partial charge < -0.3 is 56.5 Å². The fourth-order valence-electron chi connectivity index (χ4n) is 6.32. The number of nitrogens with two attached hydrogens (primary N) is 1. The first kappa shape index (κ1) is 45.7. The van der Waals surface area contributed by atoms with Gasteiger partial charge in [0.05, 0.1) is 33.2 Å². The Hall–Kier alpha value is -7.84. The monoisotopic (exact) mass is 894 g/mol. The number of aromatic nitrogens is 4. The number of aromatic amines is 2. The van der Waals surface area contributed by atoms with Crippen LogP contribution in [-0.4, -0.2) is 68.5 Å². The largest absolute Gasteiger partial charge is 0.482 e. The van der Waals surface area contributed by atoms with E-state index in [-0.39, 0.29) is 74.1 Å². The molecule has 8 rings (SSSR count). The summed E-state index contributed by atoms with van der Waals surface area (Å²) in [6.07, 6.45) is -0.564. The highest BCUT2D eigenvalue weighted by atomic mass is 35.5. The Morgan fingerprint density at radius 2 is 1.06 bits per heavy atom. The van der Waals surface area contributed by atoms with Crippen molar-refractivity contribution < 1.29 is 38.2 Å². The van der Waals surface area contributed by atoms with Crippen LogP contribution < -0.4 is 52.9 Å². The van der Waals surface area contributed by atoms with Gasteiger partial charge in [-0.1, -0.05) is 24.3 Å². The van der Waals surface area contributed by atoms with Crippen molar-refractivity contribution in [2.24, 2.45) is 5.73 Å². The van der Waals surface area contributed by atoms with Crippen LogP contribution in [0.4, 0.5) is 16.2 Å². The summed E-state index contributed by atoms with van der Waals surface area (Å²) in [4.78, 5) is 98.1. The summed E-state index contributed by atoms with van der Waals surface area (Å²) in [5, 5.41) is 14.1. The molecule has 6 aromatic rings. The smallest absolute Gasteiger partial charge is 0.407 e. The van der Waals surface area contributed by atoms with Crippen LogP contribution in [0.15, 0.2) is 82.4 Å². The number of carbonyl (C=O) groups excluding carboxylic acids is 5. The van der Waals surface area contributed by atoms with E-state index in [1.807, 2.05) is 0 Å². The van der Waals surface area contributed by atoms with Gasteiger partial charge in [-0.15, -0.1) is 12.4 Å². The lowest BCUT2D eigenvalue weighted by Gasteiger charge is -2.19. The Morgan fingerprint density at radius 3 is 1.53 bits per heavy atom. The number of H-pyrrole nitrogens is 2. The minimum absolute atomic E-state index is 0. The highest BCUT2D eigenvalue weighted by Crippen LogP contribution is 2.29. The predicted octanol–water partition coefficient (Wildman–Crippen LogP) is 3.27. The van der Waals surface area contributed by atoms with Crippen molar-refractivity contribution in [3.8, 4) is 11.5 Å². The van der Waals surface area contributed by atoms with Gasteiger partial charge in [-0.3, -0.25) is 28.8 Å². The molecule has 0 spiro atoms. The number of alkyl carbamates (subject to hydrolysis) is 1. The third kappa shape index (κ3) is 11.3. The molecule has 0 unspecified atom stereocenters. The maximum atomic E-state index is 12.6. The number of ether oxygens (including phenoxy) is 3. The zero-order valence-electron chi connectivity index (χ0n) is 34.6. The van der Waals surface area contributed by atoms with Crippen LogP contribution in [-0.2, 0) is 40.5 Å². The lowest BCUT2D eigenvalue weighted by atomic mass is 10.1. The van der Waals surface area contributed by atoms with Crippen molar-refractivity contribution in [3.05, 3.63) is 127 Å². The summed E-state index contributed by atoms with van der Waals surface area (Å²) in [5.74, 6) is -0.625. The predicted molar refractivity (Wildman–Crippen MR) is 236 cm³/mol. The standard InChI is InChI=1S/C24H25N5O6.C19H17N5O4.ClH/c1-24(2,3)35-23(33)26-11-13-4-6-16-15(8-13)21(31)29-20(28-16)22(32)25-10-14-5-7-18-17(9-14)27-19(30)12-34-18;20-7-10-1-3-13-12(5-10)18(26)24-17(23-13)19(27)21-8-11-2-4-15-14(6-11)22-16(25)9-28-15;/h4-9H,10-12H2,1-3H3,(H,25,32)(H,26,33)(H,27,30)(H,28,29,31);1-6H,7-9,20H2,(H,21,27)(H,22,25)(H,23,24,26);1H. The van der Waals surface area contributed by atoms with Crippen LogP contribution in [0.3, 0.4) is 0 Å². The second-order valence-electron chi connectivity index (χ2n) is 15.3. The molecule has 4 heterocycles. The summed E-state index contributed by atoms with van der Waals surface area (Å²) >= 11 is 0. The van der Waals surface area contributed by atoms with Gasteiger partial charge in [-0.05, 0) is 91.6 Å². The van der Waals surface area contributed by atoms with Gasteiger partial charge in [0.2, 0.25) is 0 Å². The molecule has 20 nitrogen and oxygen atoms in total. The van der Waals surface area contributed by atoms with E-state index in [0.717, 1.165) is 16.7 Å². The lowest BCUT2D eigenvalue weighted by Crippen LogP contribution is -2.32. The van der Waals surface area contributed by atoms with Crippen LogP contribution in [0, 0.1) is 0 Å². The van der Waals surface area contributed by atoms with Crippen molar-refractivity contribution >= 4 is 75.3 Å². The number of rotatable bonds is 9. The molecule has 64 heavy (non-hydrogen) atoms. The minimum atomic E-state index is -0.615. The van der Waals surface area contributed by atoms with Gasteiger partial charge >= 0.3 is 6.09 Å². The van der Waals surface area contributed by atoms with Crippen molar-refractivity contribution in [2.45, 2.75) is 52.6 Å². The van der Waals surface area contributed by atoms with Crippen LogP contribution in [0.25, 0.3) is 21.8 Å². The summed E-state index contributed by atoms with van der Waals surface area (Å²) in [6.45, 7) is 6.06. The van der Waals surface area contributed by atoms with E-state index in [9.17, 15) is 33.6 Å². The SMILES string of the molecule is CC(C)(C)OC(=O)NCc1ccc2nc(C(=O)NCc3ccc4c(c3)NC(=O)CO4)[nH]c(=O)c2c1.Cl.NCc1ccc2nc(C(=O)NCc3ccc4c(c3)NC(=O)CO4)[nH]c(=O)c2c1. The van der Waals surface area contributed by atoms with E-state index in [0.29, 0.717) is 51.4 Å². The molecule has 4 aromatic carbocycles. The van der Waals surface area contributed by atoms with E-state index in [4.69, 9.17) is 19.9 Å². The second kappa shape index (κ2) is 19.5. The Morgan fingerprint density at radius 1 is 0.641 bits per heavy atom. The average Bonchev–Trinajstić information content (AvgIpc) is 3.25. The number of hydrogen-bond donors (Lipinski definition) is 8. The first-order chi connectivity index (χ1) is 30.1. The fraction of sp³-hybridized carbons (Fsp3) is 0.233. The molecule has 0 bridgehead atoms. The first-order valence-electron chi connectivity index (χ1n) is 19.5. The molecular weight excluding hydrogens is 852 g/mol. The molecule has 0 radical (unpaired) electrons. The van der Waals surface area contributed by atoms with Gasteiger partial charge in [-0.2, -0.15) is 0 Å².